The average Bonchev–Trinajstić information content (AvgIpc) is 2.62. The van der Waals surface area contributed by atoms with E-state index in [-0.39, 0.29) is 24.3 Å². The zero-order chi connectivity index (χ0) is 13.3. The summed E-state index contributed by atoms with van der Waals surface area (Å²) in [5.74, 6) is 0. The highest BCUT2D eigenvalue weighted by Crippen LogP contribution is 2.33. The normalized spacial score (nSPS) is 29.2. The third kappa shape index (κ3) is 3.25. The Hall–Kier alpha value is -0.130. The summed E-state index contributed by atoms with van der Waals surface area (Å²) < 4.78 is 6.61. The topological polar surface area (TPSA) is 38.5 Å². The van der Waals surface area contributed by atoms with Crippen molar-refractivity contribution in [3.63, 3.8) is 0 Å². The lowest BCUT2D eigenvalue weighted by Crippen LogP contribution is -2.50. The van der Waals surface area contributed by atoms with Crippen LogP contribution in [0.3, 0.4) is 0 Å². The van der Waals surface area contributed by atoms with Crippen molar-refractivity contribution in [2.45, 2.75) is 45.1 Å². The van der Waals surface area contributed by atoms with Crippen LogP contribution in [0.25, 0.3) is 0 Å². The van der Waals surface area contributed by atoms with Crippen LogP contribution >= 0.6 is 22.9 Å². The van der Waals surface area contributed by atoms with Crippen molar-refractivity contribution in [2.75, 3.05) is 13.1 Å². The molecule has 1 aromatic heterocycles. The molecule has 0 saturated carbocycles. The first-order valence-corrected chi connectivity index (χ1v) is 7.57. The monoisotopic (exact) mass is 288 g/mol. The Labute approximate surface area is 118 Å². The smallest absolute Gasteiger partial charge is 0.0931 e. The molecule has 2 unspecified atom stereocenters. The average molecular weight is 289 g/mol. The molecule has 0 spiro atoms. The van der Waals surface area contributed by atoms with Gasteiger partial charge in [-0.2, -0.15) is 0 Å². The van der Waals surface area contributed by atoms with Crippen LogP contribution < -0.4 is 5.73 Å². The quantitative estimate of drug-likeness (QED) is 0.929. The molecule has 18 heavy (non-hydrogen) atoms. The van der Waals surface area contributed by atoms with Crippen LogP contribution in [-0.4, -0.2) is 36.2 Å². The van der Waals surface area contributed by atoms with Gasteiger partial charge in [-0.1, -0.05) is 11.6 Å². The van der Waals surface area contributed by atoms with E-state index < -0.39 is 0 Å². The van der Waals surface area contributed by atoms with Crippen molar-refractivity contribution in [3.05, 3.63) is 21.3 Å². The van der Waals surface area contributed by atoms with E-state index in [1.54, 1.807) is 11.3 Å². The first kappa shape index (κ1) is 14.3. The first-order valence-electron chi connectivity index (χ1n) is 6.37. The van der Waals surface area contributed by atoms with Crippen molar-refractivity contribution in [1.82, 2.24) is 4.90 Å². The number of halogens is 1. The molecule has 2 N–H and O–H groups in total. The number of rotatable bonds is 3. The number of hydrogen-bond acceptors (Lipinski definition) is 4. The van der Waals surface area contributed by atoms with E-state index in [1.165, 1.54) is 4.88 Å². The Balaban J connectivity index is 2.19. The number of thiophene rings is 1. The molecule has 0 aliphatic carbocycles. The highest BCUT2D eigenvalue weighted by atomic mass is 35.5. The van der Waals surface area contributed by atoms with Gasteiger partial charge in [0.15, 0.2) is 0 Å². The van der Waals surface area contributed by atoms with Crippen molar-refractivity contribution in [3.8, 4) is 0 Å². The van der Waals surface area contributed by atoms with Crippen molar-refractivity contribution in [2.24, 2.45) is 5.73 Å². The predicted octanol–water partition coefficient (Wildman–Crippen LogP) is 2.90. The van der Waals surface area contributed by atoms with Crippen LogP contribution in [0.5, 0.6) is 0 Å². The molecule has 0 bridgehead atoms. The van der Waals surface area contributed by atoms with Gasteiger partial charge in [0.05, 0.1) is 22.6 Å². The minimum absolute atomic E-state index is 0.0808. The summed E-state index contributed by atoms with van der Waals surface area (Å²) in [6, 6.07) is 4.35. The maximum Gasteiger partial charge on any atom is 0.0931 e. The Bertz CT molecular complexity index is 386. The van der Waals surface area contributed by atoms with E-state index >= 15 is 0 Å². The molecule has 102 valence electrons. The van der Waals surface area contributed by atoms with Gasteiger partial charge < -0.3 is 10.5 Å². The molecule has 0 aromatic carbocycles. The molecule has 1 saturated heterocycles. The molecule has 1 aromatic rings. The van der Waals surface area contributed by atoms with Gasteiger partial charge in [-0.3, -0.25) is 4.90 Å². The molecule has 4 atom stereocenters. The molecule has 1 aliphatic rings. The Kier molecular flexibility index (Phi) is 4.67. The van der Waals surface area contributed by atoms with Crippen LogP contribution in [0.1, 0.15) is 31.7 Å². The number of nitrogens with zero attached hydrogens (tertiary/aromatic N) is 1. The SMILES string of the molecule is CC(N)C(c1ccc(Cl)s1)N1C[C@@H](C)O[C@@H](C)C1. The van der Waals surface area contributed by atoms with Gasteiger partial charge in [0.2, 0.25) is 0 Å². The summed E-state index contributed by atoms with van der Waals surface area (Å²) in [4.78, 5) is 3.67. The summed E-state index contributed by atoms with van der Waals surface area (Å²) in [5, 5.41) is 0. The molecular formula is C13H21ClN2OS. The highest BCUT2D eigenvalue weighted by Gasteiger charge is 2.31. The van der Waals surface area contributed by atoms with E-state index in [9.17, 15) is 0 Å². The largest absolute Gasteiger partial charge is 0.373 e. The third-order valence-corrected chi connectivity index (χ3v) is 4.53. The number of hydrogen-bond donors (Lipinski definition) is 1. The van der Waals surface area contributed by atoms with Crippen molar-refractivity contribution < 1.29 is 4.74 Å². The van der Waals surface area contributed by atoms with Gasteiger partial charge >= 0.3 is 0 Å². The summed E-state index contributed by atoms with van der Waals surface area (Å²) in [6.45, 7) is 8.13. The second-order valence-electron chi connectivity index (χ2n) is 5.16. The lowest BCUT2D eigenvalue weighted by atomic mass is 10.0. The first-order chi connectivity index (χ1) is 8.47. The molecule has 2 rings (SSSR count). The lowest BCUT2D eigenvalue weighted by molar-refractivity contribution is -0.0827. The Morgan fingerprint density at radius 1 is 1.39 bits per heavy atom. The van der Waals surface area contributed by atoms with E-state index in [0.717, 1.165) is 17.4 Å². The van der Waals surface area contributed by atoms with Crippen LogP contribution in [0.15, 0.2) is 12.1 Å². The number of ether oxygens (including phenoxy) is 1. The van der Waals surface area contributed by atoms with Crippen LogP contribution in [0.4, 0.5) is 0 Å². The number of morpholine rings is 1. The molecule has 1 fully saturated rings. The predicted molar refractivity (Wildman–Crippen MR) is 77.3 cm³/mol. The summed E-state index contributed by atoms with van der Waals surface area (Å²) in [6.07, 6.45) is 0.510. The molecule has 1 aliphatic heterocycles. The number of nitrogens with two attached hydrogens (primary N) is 1. The van der Waals surface area contributed by atoms with Crippen molar-refractivity contribution in [1.29, 1.82) is 0 Å². The molecule has 3 nitrogen and oxygen atoms in total. The molecule has 0 radical (unpaired) electrons. The van der Waals surface area contributed by atoms with Gasteiger partial charge in [-0.25, -0.2) is 0 Å². The van der Waals surface area contributed by atoms with Gasteiger partial charge in [0.1, 0.15) is 0 Å². The molecule has 0 amide bonds. The molecular weight excluding hydrogens is 268 g/mol. The Morgan fingerprint density at radius 3 is 2.44 bits per heavy atom. The van der Waals surface area contributed by atoms with E-state index in [1.807, 2.05) is 6.07 Å². The standard InChI is InChI=1S/C13H21ClN2OS/c1-8-6-16(7-9(2)17-8)13(10(3)15)11-4-5-12(14)18-11/h4-5,8-10,13H,6-7,15H2,1-3H3/t8-,9+,10?,13?. The van der Waals surface area contributed by atoms with E-state index in [2.05, 4.69) is 31.7 Å². The van der Waals surface area contributed by atoms with E-state index in [0.29, 0.717) is 0 Å². The zero-order valence-corrected chi connectivity index (χ0v) is 12.7. The van der Waals surface area contributed by atoms with Crippen molar-refractivity contribution >= 4 is 22.9 Å². The maximum absolute atomic E-state index is 6.18. The highest BCUT2D eigenvalue weighted by molar-refractivity contribution is 7.16. The fraction of sp³-hybridized carbons (Fsp3) is 0.692. The summed E-state index contributed by atoms with van der Waals surface area (Å²) >= 11 is 7.66. The molecule has 5 heteroatoms. The molecule has 2 heterocycles. The lowest BCUT2D eigenvalue weighted by Gasteiger charge is -2.41. The second kappa shape index (κ2) is 5.88. The van der Waals surface area contributed by atoms with E-state index in [4.69, 9.17) is 22.1 Å². The fourth-order valence-electron chi connectivity index (χ4n) is 2.70. The zero-order valence-electron chi connectivity index (χ0n) is 11.1. The summed E-state index contributed by atoms with van der Waals surface area (Å²) in [7, 11) is 0. The van der Waals surface area contributed by atoms with Crippen LogP contribution in [-0.2, 0) is 4.74 Å². The second-order valence-corrected chi connectivity index (χ2v) is 6.90. The summed E-state index contributed by atoms with van der Waals surface area (Å²) in [5.41, 5.74) is 6.18. The van der Waals surface area contributed by atoms with Gasteiger partial charge in [-0.15, -0.1) is 11.3 Å². The van der Waals surface area contributed by atoms with Gasteiger partial charge in [0, 0.05) is 24.0 Å². The maximum atomic E-state index is 6.18. The fourth-order valence-corrected chi connectivity index (χ4v) is 4.02. The van der Waals surface area contributed by atoms with Crippen LogP contribution in [0.2, 0.25) is 4.34 Å². The minimum Gasteiger partial charge on any atom is -0.373 e. The Morgan fingerprint density at radius 2 is 2.00 bits per heavy atom. The minimum atomic E-state index is 0.0808. The van der Waals surface area contributed by atoms with Crippen LogP contribution in [0, 0.1) is 0 Å². The van der Waals surface area contributed by atoms with Gasteiger partial charge in [0.25, 0.3) is 0 Å². The third-order valence-electron chi connectivity index (χ3n) is 3.22. The van der Waals surface area contributed by atoms with Gasteiger partial charge in [-0.05, 0) is 32.9 Å².